The molecular formula is C16H33NO. The van der Waals surface area contributed by atoms with Crippen molar-refractivity contribution in [2.24, 2.45) is 5.92 Å². The van der Waals surface area contributed by atoms with E-state index in [9.17, 15) is 0 Å². The molecule has 1 fully saturated rings. The molecule has 0 saturated heterocycles. The average Bonchev–Trinajstić information content (AvgIpc) is 2.34. The quantitative estimate of drug-likeness (QED) is 0.560. The van der Waals surface area contributed by atoms with Crippen molar-refractivity contribution in [3.63, 3.8) is 0 Å². The van der Waals surface area contributed by atoms with Crippen LogP contribution in [0.5, 0.6) is 0 Å². The predicted molar refractivity (Wildman–Crippen MR) is 79.0 cm³/mol. The molecule has 2 nitrogen and oxygen atoms in total. The van der Waals surface area contributed by atoms with Gasteiger partial charge in [0.25, 0.3) is 0 Å². The molecule has 0 aromatic carbocycles. The minimum atomic E-state index is 0.571. The van der Waals surface area contributed by atoms with Crippen LogP contribution in [0, 0.1) is 5.92 Å². The fraction of sp³-hybridized carbons (Fsp3) is 1.00. The Morgan fingerprint density at radius 1 is 1.11 bits per heavy atom. The molecule has 0 aromatic rings. The number of hydrogen-bond donors (Lipinski definition) is 1. The molecule has 18 heavy (non-hydrogen) atoms. The van der Waals surface area contributed by atoms with Crippen LogP contribution in [0.3, 0.4) is 0 Å². The van der Waals surface area contributed by atoms with Gasteiger partial charge in [-0.2, -0.15) is 0 Å². The van der Waals surface area contributed by atoms with Gasteiger partial charge in [-0.1, -0.05) is 39.0 Å². The SMILES string of the molecule is CCCCCCCC(CC1CC(OCC)C1)NC. The zero-order chi connectivity index (χ0) is 13.2. The third-order valence-corrected chi connectivity index (χ3v) is 4.28. The largest absolute Gasteiger partial charge is 0.378 e. The van der Waals surface area contributed by atoms with Gasteiger partial charge in [0.1, 0.15) is 0 Å². The minimum absolute atomic E-state index is 0.571. The van der Waals surface area contributed by atoms with Crippen LogP contribution in [0.1, 0.15) is 71.6 Å². The first-order valence-electron chi connectivity index (χ1n) is 8.09. The van der Waals surface area contributed by atoms with Crippen molar-refractivity contribution < 1.29 is 4.74 Å². The summed E-state index contributed by atoms with van der Waals surface area (Å²) in [5.74, 6) is 0.912. The summed E-state index contributed by atoms with van der Waals surface area (Å²) < 4.78 is 5.63. The van der Waals surface area contributed by atoms with Crippen LogP contribution < -0.4 is 5.32 Å². The molecule has 1 rings (SSSR count). The second kappa shape index (κ2) is 9.80. The number of rotatable bonds is 11. The van der Waals surface area contributed by atoms with Crippen LogP contribution in [0.15, 0.2) is 0 Å². The van der Waals surface area contributed by atoms with E-state index < -0.39 is 0 Å². The summed E-state index contributed by atoms with van der Waals surface area (Å²) in [4.78, 5) is 0. The summed E-state index contributed by atoms with van der Waals surface area (Å²) in [5.41, 5.74) is 0. The zero-order valence-corrected chi connectivity index (χ0v) is 12.7. The third kappa shape index (κ3) is 6.19. The molecule has 1 N–H and O–H groups in total. The first-order chi connectivity index (χ1) is 8.80. The van der Waals surface area contributed by atoms with Crippen molar-refractivity contribution in [3.8, 4) is 0 Å². The zero-order valence-electron chi connectivity index (χ0n) is 12.7. The molecule has 0 aliphatic heterocycles. The Bertz CT molecular complexity index is 190. The fourth-order valence-electron chi connectivity index (χ4n) is 3.02. The molecule has 0 aromatic heterocycles. The van der Waals surface area contributed by atoms with E-state index in [2.05, 4.69) is 26.2 Å². The topological polar surface area (TPSA) is 21.3 Å². The molecule has 0 spiro atoms. The van der Waals surface area contributed by atoms with Crippen LogP contribution in [-0.4, -0.2) is 25.8 Å². The summed E-state index contributed by atoms with van der Waals surface area (Å²) in [6.07, 6.45) is 12.9. The van der Waals surface area contributed by atoms with Gasteiger partial charge in [0, 0.05) is 12.6 Å². The second-order valence-electron chi connectivity index (χ2n) is 5.84. The maximum Gasteiger partial charge on any atom is 0.0580 e. The maximum absolute atomic E-state index is 5.63. The maximum atomic E-state index is 5.63. The monoisotopic (exact) mass is 255 g/mol. The summed E-state index contributed by atoms with van der Waals surface area (Å²) in [5, 5.41) is 3.50. The van der Waals surface area contributed by atoms with Crippen LogP contribution >= 0.6 is 0 Å². The molecule has 0 amide bonds. The van der Waals surface area contributed by atoms with Crippen LogP contribution in [0.4, 0.5) is 0 Å². The van der Waals surface area contributed by atoms with E-state index >= 15 is 0 Å². The lowest BCUT2D eigenvalue weighted by Gasteiger charge is -2.37. The van der Waals surface area contributed by atoms with Gasteiger partial charge in [0.05, 0.1) is 6.10 Å². The Balaban J connectivity index is 2.00. The Hall–Kier alpha value is -0.0800. The van der Waals surface area contributed by atoms with Crippen molar-refractivity contribution >= 4 is 0 Å². The van der Waals surface area contributed by atoms with Crippen LogP contribution in [0.2, 0.25) is 0 Å². The highest BCUT2D eigenvalue weighted by atomic mass is 16.5. The first kappa shape index (κ1) is 16.0. The lowest BCUT2D eigenvalue weighted by molar-refractivity contribution is -0.0291. The van der Waals surface area contributed by atoms with E-state index in [1.807, 2.05) is 0 Å². The number of unbranched alkanes of at least 4 members (excludes halogenated alkanes) is 4. The van der Waals surface area contributed by atoms with E-state index in [0.29, 0.717) is 6.10 Å². The first-order valence-corrected chi connectivity index (χ1v) is 8.09. The molecule has 1 unspecified atom stereocenters. The van der Waals surface area contributed by atoms with E-state index in [0.717, 1.165) is 18.6 Å². The van der Waals surface area contributed by atoms with Crippen LogP contribution in [-0.2, 0) is 4.74 Å². The number of ether oxygens (including phenoxy) is 1. The summed E-state index contributed by atoms with van der Waals surface area (Å²) in [7, 11) is 2.12. The second-order valence-corrected chi connectivity index (χ2v) is 5.84. The smallest absolute Gasteiger partial charge is 0.0580 e. The minimum Gasteiger partial charge on any atom is -0.378 e. The van der Waals surface area contributed by atoms with Gasteiger partial charge in [-0.25, -0.2) is 0 Å². The van der Waals surface area contributed by atoms with Crippen molar-refractivity contribution in [2.45, 2.75) is 83.8 Å². The van der Waals surface area contributed by atoms with Crippen molar-refractivity contribution in [3.05, 3.63) is 0 Å². The molecule has 1 saturated carbocycles. The predicted octanol–water partition coefficient (Wildman–Crippen LogP) is 4.14. The highest BCUT2D eigenvalue weighted by Crippen LogP contribution is 2.34. The molecule has 108 valence electrons. The van der Waals surface area contributed by atoms with Crippen molar-refractivity contribution in [2.75, 3.05) is 13.7 Å². The van der Waals surface area contributed by atoms with E-state index in [-0.39, 0.29) is 0 Å². The van der Waals surface area contributed by atoms with Crippen molar-refractivity contribution in [1.82, 2.24) is 5.32 Å². The highest BCUT2D eigenvalue weighted by molar-refractivity contribution is 4.83. The Morgan fingerprint density at radius 3 is 2.44 bits per heavy atom. The van der Waals surface area contributed by atoms with E-state index in [4.69, 9.17) is 4.74 Å². The normalized spacial score (nSPS) is 24.8. The lowest BCUT2D eigenvalue weighted by Crippen LogP contribution is -2.37. The van der Waals surface area contributed by atoms with Gasteiger partial charge in [0.15, 0.2) is 0 Å². The fourth-order valence-corrected chi connectivity index (χ4v) is 3.02. The van der Waals surface area contributed by atoms with Gasteiger partial charge in [-0.3, -0.25) is 0 Å². The van der Waals surface area contributed by atoms with Gasteiger partial charge < -0.3 is 10.1 Å². The highest BCUT2D eigenvalue weighted by Gasteiger charge is 2.30. The molecule has 0 bridgehead atoms. The Labute approximate surface area is 114 Å². The molecule has 1 aliphatic rings. The summed E-state index contributed by atoms with van der Waals surface area (Å²) in [6.45, 7) is 5.26. The summed E-state index contributed by atoms with van der Waals surface area (Å²) >= 11 is 0. The van der Waals surface area contributed by atoms with Crippen molar-refractivity contribution in [1.29, 1.82) is 0 Å². The molecule has 0 heterocycles. The molecule has 1 aliphatic carbocycles. The molecular weight excluding hydrogens is 222 g/mol. The number of hydrogen-bond acceptors (Lipinski definition) is 2. The third-order valence-electron chi connectivity index (χ3n) is 4.28. The average molecular weight is 255 g/mol. The molecule has 0 radical (unpaired) electrons. The van der Waals surface area contributed by atoms with Gasteiger partial charge in [0.2, 0.25) is 0 Å². The van der Waals surface area contributed by atoms with Gasteiger partial charge in [-0.15, -0.1) is 0 Å². The number of nitrogens with one attached hydrogen (secondary N) is 1. The standard InChI is InChI=1S/C16H33NO/c1-4-6-7-8-9-10-15(17-3)11-14-12-16(13-14)18-5-2/h14-17H,4-13H2,1-3H3. The Kier molecular flexibility index (Phi) is 8.70. The molecule has 2 heteroatoms. The molecule has 1 atom stereocenters. The van der Waals surface area contributed by atoms with E-state index in [1.165, 1.54) is 57.8 Å². The van der Waals surface area contributed by atoms with Crippen LogP contribution in [0.25, 0.3) is 0 Å². The van der Waals surface area contributed by atoms with E-state index in [1.54, 1.807) is 0 Å². The van der Waals surface area contributed by atoms with Gasteiger partial charge >= 0.3 is 0 Å². The summed E-state index contributed by atoms with van der Waals surface area (Å²) in [6, 6.07) is 0.735. The lowest BCUT2D eigenvalue weighted by atomic mass is 9.77. The van der Waals surface area contributed by atoms with Gasteiger partial charge in [-0.05, 0) is 45.6 Å². The Morgan fingerprint density at radius 2 is 1.83 bits per heavy atom.